The van der Waals surface area contributed by atoms with Crippen LogP contribution in [0.2, 0.25) is 0 Å². The van der Waals surface area contributed by atoms with E-state index in [0.717, 1.165) is 19.5 Å². The van der Waals surface area contributed by atoms with E-state index in [4.69, 9.17) is 9.47 Å². The summed E-state index contributed by atoms with van der Waals surface area (Å²) in [6.07, 6.45) is 1.56. The smallest absolute Gasteiger partial charge is 0.328 e. The van der Waals surface area contributed by atoms with Gasteiger partial charge in [-0.2, -0.15) is 0 Å². The van der Waals surface area contributed by atoms with E-state index in [2.05, 4.69) is 4.90 Å². The Bertz CT molecular complexity index is 383. The van der Waals surface area contributed by atoms with Crippen LogP contribution in [0.5, 0.6) is 0 Å². The molecule has 1 amide bonds. The minimum absolute atomic E-state index is 0.00981. The molecule has 6 nitrogen and oxygen atoms in total. The van der Waals surface area contributed by atoms with Gasteiger partial charge in [0.15, 0.2) is 0 Å². The molecule has 2 heterocycles. The third kappa shape index (κ3) is 3.49. The number of amides is 1. The second-order valence-electron chi connectivity index (χ2n) is 6.09. The highest BCUT2D eigenvalue weighted by atomic mass is 16.5. The van der Waals surface area contributed by atoms with Crippen LogP contribution in [0.1, 0.15) is 26.7 Å². The van der Waals surface area contributed by atoms with Crippen molar-refractivity contribution in [2.24, 2.45) is 0 Å². The number of nitrogens with zero attached hydrogens (tertiary/aromatic N) is 2. The highest BCUT2D eigenvalue weighted by molar-refractivity contribution is 5.86. The van der Waals surface area contributed by atoms with Gasteiger partial charge >= 0.3 is 5.97 Å². The average Bonchev–Trinajstić information content (AvgIpc) is 2.85. The summed E-state index contributed by atoms with van der Waals surface area (Å²) in [7, 11) is 1.37. The summed E-state index contributed by atoms with van der Waals surface area (Å²) in [5.41, 5.74) is -0.217. The van der Waals surface area contributed by atoms with Gasteiger partial charge < -0.3 is 14.4 Å². The number of carbonyl (C=O) groups is 2. The molecule has 2 aliphatic heterocycles. The summed E-state index contributed by atoms with van der Waals surface area (Å²) < 4.78 is 10.4. The summed E-state index contributed by atoms with van der Waals surface area (Å²) in [4.78, 5) is 27.8. The molecule has 0 aromatic carbocycles. The molecule has 2 fully saturated rings. The molecule has 0 spiro atoms. The summed E-state index contributed by atoms with van der Waals surface area (Å²) in [6, 6.07) is -0.401. The van der Waals surface area contributed by atoms with Crippen molar-refractivity contribution in [1.82, 2.24) is 9.80 Å². The molecule has 114 valence electrons. The SMILES string of the molecule is COC(=O)[C@H]1CCCN1C(=O)CN1CCOC(C)(C)C1. The van der Waals surface area contributed by atoms with Crippen molar-refractivity contribution in [2.75, 3.05) is 39.9 Å². The Morgan fingerprint density at radius 2 is 2.10 bits per heavy atom. The molecule has 1 atom stereocenters. The first kappa shape index (κ1) is 15.3. The van der Waals surface area contributed by atoms with E-state index in [1.54, 1.807) is 4.90 Å². The molecule has 2 saturated heterocycles. The monoisotopic (exact) mass is 284 g/mol. The molecule has 2 rings (SSSR count). The zero-order valence-corrected chi connectivity index (χ0v) is 12.6. The normalized spacial score (nSPS) is 26.6. The molecule has 0 aliphatic carbocycles. The summed E-state index contributed by atoms with van der Waals surface area (Å²) in [5.74, 6) is -0.297. The van der Waals surface area contributed by atoms with Crippen molar-refractivity contribution >= 4 is 11.9 Å². The Morgan fingerprint density at radius 3 is 2.75 bits per heavy atom. The molecule has 0 N–H and O–H groups in total. The number of esters is 1. The molecule has 6 heteroatoms. The molecule has 0 aromatic heterocycles. The van der Waals surface area contributed by atoms with Crippen LogP contribution in [0.3, 0.4) is 0 Å². The van der Waals surface area contributed by atoms with Crippen molar-refractivity contribution in [3.05, 3.63) is 0 Å². The van der Waals surface area contributed by atoms with Crippen LogP contribution >= 0.6 is 0 Å². The highest BCUT2D eigenvalue weighted by Gasteiger charge is 2.36. The van der Waals surface area contributed by atoms with E-state index in [1.165, 1.54) is 7.11 Å². The summed E-state index contributed by atoms with van der Waals surface area (Å²) in [6.45, 7) is 7.17. The average molecular weight is 284 g/mol. The molecular formula is C14H24N2O4. The van der Waals surface area contributed by atoms with Gasteiger partial charge in [-0.15, -0.1) is 0 Å². The van der Waals surface area contributed by atoms with Crippen LogP contribution in [-0.2, 0) is 19.1 Å². The highest BCUT2D eigenvalue weighted by Crippen LogP contribution is 2.20. The van der Waals surface area contributed by atoms with Crippen LogP contribution < -0.4 is 0 Å². The zero-order valence-electron chi connectivity index (χ0n) is 12.6. The van der Waals surface area contributed by atoms with Crippen LogP contribution in [0.4, 0.5) is 0 Å². The molecule has 0 saturated carbocycles. The lowest BCUT2D eigenvalue weighted by atomic mass is 10.1. The van der Waals surface area contributed by atoms with Crippen molar-refractivity contribution in [1.29, 1.82) is 0 Å². The van der Waals surface area contributed by atoms with E-state index < -0.39 is 6.04 Å². The van der Waals surface area contributed by atoms with Crippen LogP contribution in [0, 0.1) is 0 Å². The lowest BCUT2D eigenvalue weighted by Gasteiger charge is -2.38. The van der Waals surface area contributed by atoms with Crippen LogP contribution in [0.25, 0.3) is 0 Å². The molecular weight excluding hydrogens is 260 g/mol. The predicted molar refractivity (Wildman–Crippen MR) is 73.2 cm³/mol. The molecule has 0 aromatic rings. The van der Waals surface area contributed by atoms with E-state index >= 15 is 0 Å². The number of ether oxygens (including phenoxy) is 2. The molecule has 20 heavy (non-hydrogen) atoms. The lowest BCUT2D eigenvalue weighted by Crippen LogP contribution is -2.52. The van der Waals surface area contributed by atoms with E-state index in [-0.39, 0.29) is 17.5 Å². The fourth-order valence-electron chi connectivity index (χ4n) is 2.98. The maximum absolute atomic E-state index is 12.4. The number of hydrogen-bond acceptors (Lipinski definition) is 5. The van der Waals surface area contributed by atoms with Crippen LogP contribution in [0.15, 0.2) is 0 Å². The fraction of sp³-hybridized carbons (Fsp3) is 0.857. The number of methoxy groups -OCH3 is 1. The Labute approximate surface area is 120 Å². The predicted octanol–water partition coefficient (Wildman–Crippen LogP) is 0.261. The second-order valence-corrected chi connectivity index (χ2v) is 6.09. The van der Waals surface area contributed by atoms with Gasteiger partial charge in [0.25, 0.3) is 0 Å². The molecule has 0 radical (unpaired) electrons. The number of morpholine rings is 1. The van der Waals surface area contributed by atoms with Gasteiger partial charge in [-0.05, 0) is 26.7 Å². The van der Waals surface area contributed by atoms with Gasteiger partial charge in [-0.3, -0.25) is 9.69 Å². The fourth-order valence-corrected chi connectivity index (χ4v) is 2.98. The first-order valence-corrected chi connectivity index (χ1v) is 7.16. The Kier molecular flexibility index (Phi) is 4.65. The molecule has 2 aliphatic rings. The maximum Gasteiger partial charge on any atom is 0.328 e. The largest absolute Gasteiger partial charge is 0.467 e. The van der Waals surface area contributed by atoms with Gasteiger partial charge in [0.1, 0.15) is 6.04 Å². The van der Waals surface area contributed by atoms with E-state index in [9.17, 15) is 9.59 Å². The maximum atomic E-state index is 12.4. The number of hydrogen-bond donors (Lipinski definition) is 0. The second kappa shape index (κ2) is 6.10. The standard InChI is InChI=1S/C14H24N2O4/c1-14(2)10-15(7-8-20-14)9-12(17)16-6-4-5-11(16)13(18)19-3/h11H,4-10H2,1-3H3/t11-/m1/s1. The van der Waals surface area contributed by atoms with Crippen molar-refractivity contribution < 1.29 is 19.1 Å². The first-order chi connectivity index (χ1) is 9.43. The van der Waals surface area contributed by atoms with Gasteiger partial charge in [0.05, 0.1) is 25.9 Å². The van der Waals surface area contributed by atoms with Crippen molar-refractivity contribution in [3.8, 4) is 0 Å². The minimum atomic E-state index is -0.401. The molecule has 0 unspecified atom stereocenters. The Hall–Kier alpha value is -1.14. The Morgan fingerprint density at radius 1 is 1.35 bits per heavy atom. The Balaban J connectivity index is 1.92. The van der Waals surface area contributed by atoms with Gasteiger partial charge in [-0.1, -0.05) is 0 Å². The third-order valence-electron chi connectivity index (χ3n) is 3.91. The quantitative estimate of drug-likeness (QED) is 0.696. The number of likely N-dealkylation sites (tertiary alicyclic amines) is 1. The van der Waals surface area contributed by atoms with E-state index in [1.807, 2.05) is 13.8 Å². The topological polar surface area (TPSA) is 59.1 Å². The van der Waals surface area contributed by atoms with Gasteiger partial charge in [-0.25, -0.2) is 4.79 Å². The zero-order chi connectivity index (χ0) is 14.8. The van der Waals surface area contributed by atoms with Crippen molar-refractivity contribution in [3.63, 3.8) is 0 Å². The van der Waals surface area contributed by atoms with E-state index in [0.29, 0.717) is 26.1 Å². The third-order valence-corrected chi connectivity index (χ3v) is 3.91. The van der Waals surface area contributed by atoms with Crippen LogP contribution in [-0.4, -0.2) is 73.2 Å². The number of rotatable bonds is 3. The lowest BCUT2D eigenvalue weighted by molar-refractivity contribution is -0.152. The van der Waals surface area contributed by atoms with Gasteiger partial charge in [0, 0.05) is 19.6 Å². The summed E-state index contributed by atoms with van der Waals surface area (Å²) >= 11 is 0. The first-order valence-electron chi connectivity index (χ1n) is 7.16. The molecule has 0 bridgehead atoms. The minimum Gasteiger partial charge on any atom is -0.467 e. The number of carbonyl (C=O) groups excluding carboxylic acids is 2. The van der Waals surface area contributed by atoms with Gasteiger partial charge in [0.2, 0.25) is 5.91 Å². The summed E-state index contributed by atoms with van der Waals surface area (Å²) in [5, 5.41) is 0. The van der Waals surface area contributed by atoms with Crippen molar-refractivity contribution in [2.45, 2.75) is 38.3 Å².